The Hall–Kier alpha value is -1.48. The number of hydrogen-bond donors (Lipinski definition) is 0. The molecule has 0 spiro atoms. The molecule has 138 valence electrons. The van der Waals surface area contributed by atoms with Crippen LogP contribution in [0, 0.1) is 0 Å². The highest BCUT2D eigenvalue weighted by Crippen LogP contribution is 2.20. The number of hydrogen-bond acceptors (Lipinski definition) is 5. The highest BCUT2D eigenvalue weighted by Gasteiger charge is 2.29. The molecular weight excluding hydrogens is 342 g/mol. The van der Waals surface area contributed by atoms with Gasteiger partial charge in [-0.15, -0.1) is 0 Å². The van der Waals surface area contributed by atoms with Gasteiger partial charge in [-0.05, 0) is 32.2 Å². The van der Waals surface area contributed by atoms with Gasteiger partial charge in [0.05, 0.1) is 24.2 Å². The SMILES string of the molecule is C[C@@H]1COCCN1C(=O)c1cccc(S(=O)(=O)N2CCN(C)CC2)c1. The number of likely N-dealkylation sites (N-methyl/N-ethyl adjacent to an activating group) is 1. The number of nitrogens with zero attached hydrogens (tertiary/aromatic N) is 3. The van der Waals surface area contributed by atoms with Gasteiger partial charge >= 0.3 is 0 Å². The molecule has 0 aliphatic carbocycles. The fourth-order valence-electron chi connectivity index (χ4n) is 3.16. The Morgan fingerprint density at radius 1 is 1.16 bits per heavy atom. The van der Waals surface area contributed by atoms with Crippen molar-refractivity contribution in [2.24, 2.45) is 0 Å². The van der Waals surface area contributed by atoms with E-state index < -0.39 is 10.0 Å². The Labute approximate surface area is 149 Å². The van der Waals surface area contributed by atoms with Gasteiger partial charge < -0.3 is 14.5 Å². The maximum Gasteiger partial charge on any atom is 0.254 e. The van der Waals surface area contributed by atoms with Crippen LogP contribution in [0.25, 0.3) is 0 Å². The molecule has 1 aromatic rings. The van der Waals surface area contributed by atoms with Gasteiger partial charge in [0.2, 0.25) is 10.0 Å². The molecule has 2 fully saturated rings. The maximum atomic E-state index is 12.9. The van der Waals surface area contributed by atoms with Gasteiger partial charge in [0, 0.05) is 38.3 Å². The average molecular weight is 367 g/mol. The second kappa shape index (κ2) is 7.41. The molecule has 2 aliphatic heterocycles. The van der Waals surface area contributed by atoms with E-state index in [1.807, 2.05) is 14.0 Å². The monoisotopic (exact) mass is 367 g/mol. The Balaban J connectivity index is 1.82. The predicted molar refractivity (Wildman–Crippen MR) is 94.0 cm³/mol. The second-order valence-corrected chi connectivity index (χ2v) is 8.60. The van der Waals surface area contributed by atoms with E-state index in [2.05, 4.69) is 4.90 Å². The summed E-state index contributed by atoms with van der Waals surface area (Å²) in [6.07, 6.45) is 0. The van der Waals surface area contributed by atoms with E-state index in [0.717, 1.165) is 0 Å². The Morgan fingerprint density at radius 2 is 1.88 bits per heavy atom. The van der Waals surface area contributed by atoms with Crippen LogP contribution in [0.15, 0.2) is 29.2 Å². The minimum Gasteiger partial charge on any atom is -0.377 e. The lowest BCUT2D eigenvalue weighted by Crippen LogP contribution is -2.47. The fraction of sp³-hybridized carbons (Fsp3) is 0.588. The minimum absolute atomic E-state index is 0.0147. The van der Waals surface area contributed by atoms with Gasteiger partial charge in [0.15, 0.2) is 0 Å². The smallest absolute Gasteiger partial charge is 0.254 e. The van der Waals surface area contributed by atoms with E-state index in [9.17, 15) is 13.2 Å². The number of piperazine rings is 1. The molecule has 0 aromatic heterocycles. The van der Waals surface area contributed by atoms with Crippen molar-refractivity contribution in [1.82, 2.24) is 14.1 Å². The molecule has 1 aromatic carbocycles. The first kappa shape index (κ1) is 18.3. The average Bonchev–Trinajstić information content (AvgIpc) is 2.62. The van der Waals surface area contributed by atoms with Crippen molar-refractivity contribution >= 4 is 15.9 Å². The Morgan fingerprint density at radius 3 is 2.56 bits per heavy atom. The van der Waals surface area contributed by atoms with Crippen LogP contribution in [-0.4, -0.2) is 87.5 Å². The zero-order valence-electron chi connectivity index (χ0n) is 14.7. The normalized spacial score (nSPS) is 23.6. The number of benzene rings is 1. The first-order chi connectivity index (χ1) is 11.9. The van der Waals surface area contributed by atoms with Gasteiger partial charge in [0.1, 0.15) is 0 Å². The molecule has 2 saturated heterocycles. The summed E-state index contributed by atoms with van der Waals surface area (Å²) in [7, 11) is -1.60. The number of sulfonamides is 1. The maximum absolute atomic E-state index is 12.9. The number of carbonyl (C=O) groups excluding carboxylic acids is 1. The third-order valence-electron chi connectivity index (χ3n) is 4.81. The number of rotatable bonds is 3. The molecule has 0 bridgehead atoms. The summed E-state index contributed by atoms with van der Waals surface area (Å²) in [5.41, 5.74) is 0.406. The van der Waals surface area contributed by atoms with E-state index in [1.54, 1.807) is 23.1 Å². The quantitative estimate of drug-likeness (QED) is 0.777. The van der Waals surface area contributed by atoms with Gasteiger partial charge in [-0.1, -0.05) is 6.07 Å². The summed E-state index contributed by atoms with van der Waals surface area (Å²) in [5.74, 6) is -0.147. The van der Waals surface area contributed by atoms with Gasteiger partial charge in [-0.25, -0.2) is 8.42 Å². The summed E-state index contributed by atoms with van der Waals surface area (Å²) in [4.78, 5) is 16.8. The molecule has 0 saturated carbocycles. The molecule has 0 N–H and O–H groups in total. The third-order valence-corrected chi connectivity index (χ3v) is 6.70. The van der Waals surface area contributed by atoms with E-state index in [1.165, 1.54) is 10.4 Å². The number of morpholine rings is 1. The molecule has 0 unspecified atom stereocenters. The lowest BCUT2D eigenvalue weighted by atomic mass is 10.1. The molecule has 2 aliphatic rings. The fourth-order valence-corrected chi connectivity index (χ4v) is 4.63. The highest BCUT2D eigenvalue weighted by molar-refractivity contribution is 7.89. The third kappa shape index (κ3) is 3.87. The number of carbonyl (C=O) groups is 1. The van der Waals surface area contributed by atoms with Gasteiger partial charge in [-0.2, -0.15) is 4.31 Å². The standard InChI is InChI=1S/C17H25N3O4S/c1-14-13-24-11-10-20(14)17(21)15-4-3-5-16(12-15)25(22,23)19-8-6-18(2)7-9-19/h3-5,12,14H,6-11,13H2,1-2H3/t14-/m1/s1. The molecule has 3 rings (SSSR count). The van der Waals surface area contributed by atoms with Crippen LogP contribution in [0.2, 0.25) is 0 Å². The first-order valence-electron chi connectivity index (χ1n) is 8.57. The van der Waals surface area contributed by atoms with Crippen molar-refractivity contribution in [3.63, 3.8) is 0 Å². The van der Waals surface area contributed by atoms with E-state index in [4.69, 9.17) is 4.74 Å². The Bertz CT molecular complexity index is 729. The lowest BCUT2D eigenvalue weighted by Gasteiger charge is -2.33. The van der Waals surface area contributed by atoms with Gasteiger partial charge in [-0.3, -0.25) is 4.79 Å². The molecular formula is C17H25N3O4S. The molecule has 1 atom stereocenters. The molecule has 1 amide bonds. The van der Waals surface area contributed by atoms with E-state index >= 15 is 0 Å². The van der Waals surface area contributed by atoms with Crippen LogP contribution < -0.4 is 0 Å². The summed E-state index contributed by atoms with van der Waals surface area (Å²) in [6.45, 7) is 5.83. The lowest BCUT2D eigenvalue weighted by molar-refractivity contribution is 0.00358. The molecule has 0 radical (unpaired) electrons. The zero-order chi connectivity index (χ0) is 18.0. The van der Waals surface area contributed by atoms with Crippen LogP contribution in [0.3, 0.4) is 0 Å². The summed E-state index contributed by atoms with van der Waals surface area (Å²) in [5, 5.41) is 0. The predicted octanol–water partition coefficient (Wildman–Crippen LogP) is 0.484. The van der Waals surface area contributed by atoms with Crippen LogP contribution in [-0.2, 0) is 14.8 Å². The van der Waals surface area contributed by atoms with Crippen LogP contribution in [0.5, 0.6) is 0 Å². The molecule has 8 heteroatoms. The van der Waals surface area contributed by atoms with Crippen LogP contribution in [0.4, 0.5) is 0 Å². The summed E-state index contributed by atoms with van der Waals surface area (Å²) in [6, 6.07) is 6.36. The van der Waals surface area contributed by atoms with Crippen LogP contribution >= 0.6 is 0 Å². The first-order valence-corrected chi connectivity index (χ1v) is 10.0. The zero-order valence-corrected chi connectivity index (χ0v) is 15.5. The van der Waals surface area contributed by atoms with Crippen LogP contribution in [0.1, 0.15) is 17.3 Å². The van der Waals surface area contributed by atoms with Crippen molar-refractivity contribution in [3.05, 3.63) is 29.8 Å². The van der Waals surface area contributed by atoms with Crippen molar-refractivity contribution < 1.29 is 17.9 Å². The second-order valence-electron chi connectivity index (χ2n) is 6.66. The molecule has 7 nitrogen and oxygen atoms in total. The van der Waals surface area contributed by atoms with Crippen molar-refractivity contribution in [2.45, 2.75) is 17.9 Å². The van der Waals surface area contributed by atoms with E-state index in [0.29, 0.717) is 51.5 Å². The summed E-state index contributed by atoms with van der Waals surface area (Å²) >= 11 is 0. The van der Waals surface area contributed by atoms with Crippen molar-refractivity contribution in [3.8, 4) is 0 Å². The van der Waals surface area contributed by atoms with Gasteiger partial charge in [0.25, 0.3) is 5.91 Å². The number of ether oxygens (including phenoxy) is 1. The minimum atomic E-state index is -3.57. The highest BCUT2D eigenvalue weighted by atomic mass is 32.2. The van der Waals surface area contributed by atoms with Crippen molar-refractivity contribution in [2.75, 3.05) is 53.0 Å². The Kier molecular flexibility index (Phi) is 5.43. The van der Waals surface area contributed by atoms with Crippen molar-refractivity contribution in [1.29, 1.82) is 0 Å². The topological polar surface area (TPSA) is 70.2 Å². The van der Waals surface area contributed by atoms with E-state index in [-0.39, 0.29) is 16.8 Å². The molecule has 25 heavy (non-hydrogen) atoms. The molecule has 2 heterocycles. The largest absolute Gasteiger partial charge is 0.377 e. The number of amides is 1. The summed E-state index contributed by atoms with van der Waals surface area (Å²) < 4.78 is 32.6.